The van der Waals surface area contributed by atoms with Crippen LogP contribution in [-0.2, 0) is 11.0 Å². The molecule has 1 aliphatic heterocycles. The van der Waals surface area contributed by atoms with E-state index in [-0.39, 0.29) is 17.0 Å². The van der Waals surface area contributed by atoms with E-state index in [1.807, 2.05) is 0 Å². The summed E-state index contributed by atoms with van der Waals surface area (Å²) in [6.07, 6.45) is -1.88. The molecule has 0 aromatic carbocycles. The van der Waals surface area contributed by atoms with E-state index in [9.17, 15) is 23.1 Å². The summed E-state index contributed by atoms with van der Waals surface area (Å²) in [7, 11) is 0. The predicted octanol–water partition coefficient (Wildman–Crippen LogP) is 2.25. The third-order valence-corrected chi connectivity index (χ3v) is 4.81. The molecule has 0 amide bonds. The zero-order valence-corrected chi connectivity index (χ0v) is 11.1. The van der Waals surface area contributed by atoms with Crippen molar-refractivity contribution >= 4 is 22.6 Å². The summed E-state index contributed by atoms with van der Waals surface area (Å²) in [6.45, 7) is 0.453. The summed E-state index contributed by atoms with van der Waals surface area (Å²) < 4.78 is 40.9. The van der Waals surface area contributed by atoms with E-state index in [4.69, 9.17) is 0 Å². The van der Waals surface area contributed by atoms with E-state index in [1.165, 1.54) is 4.90 Å². The standard InChI is InChI=1S/C11H12F3N3O2S/c12-11(13,14)9-15-10(20-16-9)17-4-5-2-1-3-6(5)7(17)8(18)19/h5-7H,1-4H2,(H,18,19). The summed E-state index contributed by atoms with van der Waals surface area (Å²) >= 11 is 0.615. The molecule has 3 atom stereocenters. The molecule has 1 aromatic heterocycles. The highest BCUT2D eigenvalue weighted by molar-refractivity contribution is 7.09. The van der Waals surface area contributed by atoms with E-state index in [0.717, 1.165) is 19.3 Å². The molecule has 5 nitrogen and oxygen atoms in total. The second-order valence-corrected chi connectivity index (χ2v) is 5.92. The van der Waals surface area contributed by atoms with Gasteiger partial charge in [0.25, 0.3) is 0 Å². The van der Waals surface area contributed by atoms with Crippen LogP contribution in [0.3, 0.4) is 0 Å². The molecule has 2 aliphatic rings. The van der Waals surface area contributed by atoms with Gasteiger partial charge < -0.3 is 10.0 Å². The first kappa shape index (κ1) is 13.6. The minimum atomic E-state index is -4.59. The molecule has 2 heterocycles. The van der Waals surface area contributed by atoms with Crippen molar-refractivity contribution in [3.05, 3.63) is 5.82 Å². The largest absolute Gasteiger partial charge is 0.480 e. The normalized spacial score (nSPS) is 29.8. The van der Waals surface area contributed by atoms with Crippen LogP contribution >= 0.6 is 11.5 Å². The quantitative estimate of drug-likeness (QED) is 0.907. The Morgan fingerprint density at radius 1 is 1.40 bits per heavy atom. The number of fused-ring (bicyclic) bond motifs is 1. The maximum absolute atomic E-state index is 12.5. The van der Waals surface area contributed by atoms with Crippen molar-refractivity contribution < 1.29 is 23.1 Å². The molecule has 1 saturated heterocycles. The highest BCUT2D eigenvalue weighted by atomic mass is 32.1. The van der Waals surface area contributed by atoms with Crippen LogP contribution in [0, 0.1) is 11.8 Å². The number of halogens is 3. The van der Waals surface area contributed by atoms with Crippen molar-refractivity contribution in [2.24, 2.45) is 11.8 Å². The SMILES string of the molecule is O=C(O)C1C2CCCC2CN1c1nc(C(F)(F)F)ns1. The third kappa shape index (κ3) is 2.13. The summed E-state index contributed by atoms with van der Waals surface area (Å²) in [5, 5.41) is 9.41. The van der Waals surface area contributed by atoms with Crippen LogP contribution in [0.1, 0.15) is 25.1 Å². The number of carboxylic acids is 1. The average Bonchev–Trinajstić information content (AvgIpc) is 3.01. The number of anilines is 1. The first-order chi connectivity index (χ1) is 9.38. The van der Waals surface area contributed by atoms with Gasteiger partial charge in [-0.1, -0.05) is 6.42 Å². The van der Waals surface area contributed by atoms with Crippen LogP contribution in [0.15, 0.2) is 0 Å². The molecule has 9 heteroatoms. The lowest BCUT2D eigenvalue weighted by Crippen LogP contribution is -2.39. The lowest BCUT2D eigenvalue weighted by molar-refractivity contribution is -0.144. The Hall–Kier alpha value is -1.38. The lowest BCUT2D eigenvalue weighted by Gasteiger charge is -2.23. The van der Waals surface area contributed by atoms with Gasteiger partial charge in [-0.2, -0.15) is 22.5 Å². The van der Waals surface area contributed by atoms with Crippen molar-refractivity contribution in [1.82, 2.24) is 9.36 Å². The zero-order valence-electron chi connectivity index (χ0n) is 10.3. The fraction of sp³-hybridized carbons (Fsp3) is 0.727. The highest BCUT2D eigenvalue weighted by Crippen LogP contribution is 2.44. The molecule has 0 radical (unpaired) electrons. The van der Waals surface area contributed by atoms with Gasteiger partial charge in [0, 0.05) is 18.1 Å². The Labute approximate surface area is 116 Å². The number of nitrogens with zero attached hydrogens (tertiary/aromatic N) is 3. The maximum atomic E-state index is 12.5. The van der Waals surface area contributed by atoms with Crippen LogP contribution in [0.2, 0.25) is 0 Å². The number of aromatic nitrogens is 2. The van der Waals surface area contributed by atoms with Gasteiger partial charge in [0.05, 0.1) is 0 Å². The van der Waals surface area contributed by atoms with E-state index in [0.29, 0.717) is 18.1 Å². The van der Waals surface area contributed by atoms with Crippen LogP contribution in [0.4, 0.5) is 18.3 Å². The van der Waals surface area contributed by atoms with Gasteiger partial charge in [0.2, 0.25) is 11.0 Å². The van der Waals surface area contributed by atoms with Gasteiger partial charge in [-0.3, -0.25) is 0 Å². The number of carbonyl (C=O) groups is 1. The van der Waals surface area contributed by atoms with E-state index < -0.39 is 24.0 Å². The Balaban J connectivity index is 1.89. The predicted molar refractivity (Wildman–Crippen MR) is 64.5 cm³/mol. The first-order valence-corrected chi connectivity index (χ1v) is 7.05. The average molecular weight is 307 g/mol. The second-order valence-electron chi connectivity index (χ2n) is 5.19. The van der Waals surface area contributed by atoms with Gasteiger partial charge in [0.1, 0.15) is 6.04 Å². The fourth-order valence-corrected chi connectivity index (χ4v) is 4.00. The monoisotopic (exact) mass is 307 g/mol. The summed E-state index contributed by atoms with van der Waals surface area (Å²) in [5.74, 6) is -1.96. The number of carboxylic acid groups (broad SMARTS) is 1. The fourth-order valence-electron chi connectivity index (χ4n) is 3.27. The second kappa shape index (κ2) is 4.57. The van der Waals surface area contributed by atoms with Crippen molar-refractivity contribution in [3.8, 4) is 0 Å². The molecule has 1 aromatic rings. The summed E-state index contributed by atoms with van der Waals surface area (Å²) in [5.41, 5.74) is 0. The van der Waals surface area contributed by atoms with Crippen LogP contribution < -0.4 is 4.90 Å². The molecule has 20 heavy (non-hydrogen) atoms. The van der Waals surface area contributed by atoms with Crippen molar-refractivity contribution in [2.45, 2.75) is 31.5 Å². The minimum Gasteiger partial charge on any atom is -0.480 e. The molecule has 2 fully saturated rings. The van der Waals surface area contributed by atoms with Gasteiger partial charge in [0.15, 0.2) is 0 Å². The Kier molecular flexibility index (Phi) is 3.11. The number of alkyl halides is 3. The van der Waals surface area contributed by atoms with E-state index in [2.05, 4.69) is 9.36 Å². The Morgan fingerprint density at radius 3 is 2.75 bits per heavy atom. The lowest BCUT2D eigenvalue weighted by atomic mass is 9.94. The topological polar surface area (TPSA) is 66.3 Å². The Morgan fingerprint density at radius 2 is 2.15 bits per heavy atom. The molecule has 1 saturated carbocycles. The van der Waals surface area contributed by atoms with Crippen LogP contribution in [0.5, 0.6) is 0 Å². The molecule has 3 rings (SSSR count). The zero-order chi connectivity index (χ0) is 14.5. The van der Waals surface area contributed by atoms with Crippen LogP contribution in [0.25, 0.3) is 0 Å². The van der Waals surface area contributed by atoms with Crippen molar-refractivity contribution in [2.75, 3.05) is 11.4 Å². The molecule has 1 aliphatic carbocycles. The van der Waals surface area contributed by atoms with Crippen molar-refractivity contribution in [1.29, 1.82) is 0 Å². The number of rotatable bonds is 2. The maximum Gasteiger partial charge on any atom is 0.452 e. The minimum absolute atomic E-state index is 0.00531. The third-order valence-electron chi connectivity index (χ3n) is 4.06. The van der Waals surface area contributed by atoms with Gasteiger partial charge >= 0.3 is 12.1 Å². The molecule has 0 bridgehead atoms. The van der Waals surface area contributed by atoms with Gasteiger partial charge in [-0.05, 0) is 24.7 Å². The smallest absolute Gasteiger partial charge is 0.452 e. The number of aliphatic carboxylic acids is 1. The Bertz CT molecular complexity index is 533. The van der Waals surface area contributed by atoms with Crippen LogP contribution in [-0.4, -0.2) is 33.0 Å². The summed E-state index contributed by atoms with van der Waals surface area (Å²) in [6, 6.07) is -0.781. The molecule has 110 valence electrons. The molecule has 3 unspecified atom stereocenters. The molecular formula is C11H12F3N3O2S. The highest BCUT2D eigenvalue weighted by Gasteiger charge is 2.49. The molecule has 1 N–H and O–H groups in total. The number of hydrogen-bond donors (Lipinski definition) is 1. The van der Waals surface area contributed by atoms with Crippen molar-refractivity contribution in [3.63, 3.8) is 0 Å². The molecular weight excluding hydrogens is 295 g/mol. The summed E-state index contributed by atoms with van der Waals surface area (Å²) in [4.78, 5) is 16.4. The molecule has 0 spiro atoms. The van der Waals surface area contributed by atoms with E-state index in [1.54, 1.807) is 0 Å². The van der Waals surface area contributed by atoms with E-state index >= 15 is 0 Å². The van der Waals surface area contributed by atoms with Gasteiger partial charge in [-0.25, -0.2) is 4.79 Å². The first-order valence-electron chi connectivity index (χ1n) is 6.28. The number of hydrogen-bond acceptors (Lipinski definition) is 5. The van der Waals surface area contributed by atoms with Gasteiger partial charge in [-0.15, -0.1) is 0 Å².